The molecule has 2 aromatic heterocycles. The van der Waals surface area contributed by atoms with Crippen LogP contribution in [0.3, 0.4) is 0 Å². The quantitative estimate of drug-likeness (QED) is 0.846. The normalized spacial score (nSPS) is 14.0. The van der Waals surface area contributed by atoms with Gasteiger partial charge in [0.1, 0.15) is 11.6 Å². The van der Waals surface area contributed by atoms with E-state index in [4.69, 9.17) is 10.5 Å². The van der Waals surface area contributed by atoms with Crippen molar-refractivity contribution in [2.24, 2.45) is 5.92 Å². The highest BCUT2D eigenvalue weighted by atomic mass is 16.5. The summed E-state index contributed by atoms with van der Waals surface area (Å²) in [6, 6.07) is 5.53. The summed E-state index contributed by atoms with van der Waals surface area (Å²) in [7, 11) is 0. The molecule has 0 atom stereocenters. The summed E-state index contributed by atoms with van der Waals surface area (Å²) < 4.78 is 5.67. The molecule has 0 amide bonds. The molecule has 6 nitrogen and oxygen atoms in total. The van der Waals surface area contributed by atoms with E-state index >= 15 is 0 Å². The number of nitrogens with zero attached hydrogens (tertiary/aromatic N) is 3. The molecule has 1 aliphatic rings. The predicted octanol–water partition coefficient (Wildman–Crippen LogP) is 2.16. The van der Waals surface area contributed by atoms with Crippen LogP contribution >= 0.6 is 0 Å². The van der Waals surface area contributed by atoms with E-state index in [0.29, 0.717) is 30.6 Å². The Kier molecular flexibility index (Phi) is 3.85. The Bertz CT molecular complexity index is 627. The van der Waals surface area contributed by atoms with Gasteiger partial charge in [-0.25, -0.2) is 9.97 Å². The Morgan fingerprint density at radius 3 is 2.90 bits per heavy atom. The maximum absolute atomic E-state index is 5.89. The van der Waals surface area contributed by atoms with Crippen LogP contribution in [-0.4, -0.2) is 21.6 Å². The molecule has 0 saturated heterocycles. The molecule has 0 radical (unpaired) electrons. The van der Waals surface area contributed by atoms with Gasteiger partial charge in [-0.05, 0) is 43.9 Å². The summed E-state index contributed by atoms with van der Waals surface area (Å²) in [6.07, 6.45) is 4.23. The van der Waals surface area contributed by atoms with Crippen LogP contribution < -0.4 is 15.8 Å². The minimum absolute atomic E-state index is 0.505. The van der Waals surface area contributed by atoms with Crippen LogP contribution in [0.2, 0.25) is 0 Å². The van der Waals surface area contributed by atoms with Crippen LogP contribution in [0.4, 0.5) is 11.5 Å². The summed E-state index contributed by atoms with van der Waals surface area (Å²) in [5, 5.41) is 3.22. The van der Waals surface area contributed by atoms with Crippen molar-refractivity contribution in [2.75, 3.05) is 17.7 Å². The summed E-state index contributed by atoms with van der Waals surface area (Å²) in [6.45, 7) is 3.16. The van der Waals surface area contributed by atoms with Gasteiger partial charge in [-0.1, -0.05) is 0 Å². The molecule has 2 aromatic rings. The van der Waals surface area contributed by atoms with Gasteiger partial charge in [-0.3, -0.25) is 0 Å². The summed E-state index contributed by atoms with van der Waals surface area (Å²) in [5.41, 5.74) is 7.37. The number of nitrogens with two attached hydrogens (primary N) is 1. The van der Waals surface area contributed by atoms with Crippen molar-refractivity contribution >= 4 is 11.5 Å². The predicted molar refractivity (Wildman–Crippen MR) is 81.0 cm³/mol. The highest BCUT2D eigenvalue weighted by molar-refractivity contribution is 5.53. The van der Waals surface area contributed by atoms with Gasteiger partial charge < -0.3 is 15.8 Å². The van der Waals surface area contributed by atoms with Crippen molar-refractivity contribution in [1.82, 2.24) is 15.0 Å². The fourth-order valence-corrected chi connectivity index (χ4v) is 1.93. The number of rotatable bonds is 6. The van der Waals surface area contributed by atoms with Gasteiger partial charge in [0.2, 0.25) is 5.88 Å². The van der Waals surface area contributed by atoms with Crippen LogP contribution in [-0.2, 0) is 6.54 Å². The molecule has 1 aliphatic carbocycles. The van der Waals surface area contributed by atoms with E-state index in [-0.39, 0.29) is 0 Å². The zero-order valence-corrected chi connectivity index (χ0v) is 12.0. The number of nitrogens with one attached hydrogen (secondary N) is 1. The van der Waals surface area contributed by atoms with E-state index in [0.717, 1.165) is 17.3 Å². The number of aryl methyl sites for hydroxylation is 1. The first-order valence-corrected chi connectivity index (χ1v) is 7.12. The second-order valence-corrected chi connectivity index (χ2v) is 5.29. The molecule has 0 aliphatic heterocycles. The second kappa shape index (κ2) is 5.95. The van der Waals surface area contributed by atoms with Crippen LogP contribution in [0, 0.1) is 12.8 Å². The standard InChI is InChI=1S/C15H19N5O/c1-10-17-7-6-12(19-10)8-18-14-5-4-13(16)15(20-14)21-9-11-2-3-11/h4-7,11H,2-3,8-9,16H2,1H3,(H,18,20). The van der Waals surface area contributed by atoms with E-state index < -0.39 is 0 Å². The first-order valence-electron chi connectivity index (χ1n) is 7.12. The molecular weight excluding hydrogens is 266 g/mol. The third-order valence-electron chi connectivity index (χ3n) is 3.33. The number of anilines is 2. The third-order valence-corrected chi connectivity index (χ3v) is 3.33. The number of pyridine rings is 1. The average Bonchev–Trinajstić information content (AvgIpc) is 3.29. The van der Waals surface area contributed by atoms with Gasteiger partial charge >= 0.3 is 0 Å². The molecule has 0 bridgehead atoms. The molecule has 6 heteroatoms. The first kappa shape index (κ1) is 13.6. The average molecular weight is 285 g/mol. The van der Waals surface area contributed by atoms with E-state index in [1.165, 1.54) is 12.8 Å². The lowest BCUT2D eigenvalue weighted by atomic mass is 10.3. The SMILES string of the molecule is Cc1nccc(CNc2ccc(N)c(OCC3CC3)n2)n1. The molecule has 110 valence electrons. The van der Waals surface area contributed by atoms with Gasteiger partial charge in [0, 0.05) is 6.20 Å². The van der Waals surface area contributed by atoms with Gasteiger partial charge in [0.15, 0.2) is 0 Å². The maximum Gasteiger partial charge on any atom is 0.239 e. The molecule has 3 N–H and O–H groups in total. The minimum Gasteiger partial charge on any atom is -0.476 e. The second-order valence-electron chi connectivity index (χ2n) is 5.29. The van der Waals surface area contributed by atoms with Gasteiger partial charge in [-0.2, -0.15) is 4.98 Å². The Labute approximate surface area is 123 Å². The third kappa shape index (κ3) is 3.81. The van der Waals surface area contributed by atoms with Crippen LogP contribution in [0.1, 0.15) is 24.4 Å². The fourth-order valence-electron chi connectivity index (χ4n) is 1.93. The van der Waals surface area contributed by atoms with E-state index in [9.17, 15) is 0 Å². The molecular formula is C15H19N5O. The molecule has 1 fully saturated rings. The van der Waals surface area contributed by atoms with Crippen molar-refractivity contribution < 1.29 is 4.74 Å². The van der Waals surface area contributed by atoms with E-state index in [1.807, 2.05) is 25.1 Å². The van der Waals surface area contributed by atoms with Crippen LogP contribution in [0.5, 0.6) is 5.88 Å². The summed E-state index contributed by atoms with van der Waals surface area (Å²) in [5.74, 6) is 2.66. The summed E-state index contributed by atoms with van der Waals surface area (Å²) >= 11 is 0. The number of ether oxygens (including phenoxy) is 1. The topological polar surface area (TPSA) is 86.0 Å². The van der Waals surface area contributed by atoms with Gasteiger partial charge in [0.05, 0.1) is 24.5 Å². The van der Waals surface area contributed by atoms with Crippen molar-refractivity contribution in [1.29, 1.82) is 0 Å². The van der Waals surface area contributed by atoms with Gasteiger partial charge in [0.25, 0.3) is 0 Å². The van der Waals surface area contributed by atoms with E-state index in [1.54, 1.807) is 6.20 Å². The highest BCUT2D eigenvalue weighted by Gasteiger charge is 2.22. The van der Waals surface area contributed by atoms with Crippen LogP contribution in [0.25, 0.3) is 0 Å². The number of aromatic nitrogens is 3. The number of hydrogen-bond acceptors (Lipinski definition) is 6. The monoisotopic (exact) mass is 285 g/mol. The molecule has 0 aromatic carbocycles. The fraction of sp³-hybridized carbons (Fsp3) is 0.400. The van der Waals surface area contributed by atoms with E-state index in [2.05, 4.69) is 20.3 Å². The Hall–Kier alpha value is -2.37. The minimum atomic E-state index is 0.505. The molecule has 2 heterocycles. The first-order chi connectivity index (χ1) is 10.2. The molecule has 21 heavy (non-hydrogen) atoms. The number of hydrogen-bond donors (Lipinski definition) is 2. The molecule has 1 saturated carbocycles. The summed E-state index contributed by atoms with van der Waals surface area (Å²) in [4.78, 5) is 12.8. The number of nitrogen functional groups attached to an aromatic ring is 1. The Balaban J connectivity index is 1.63. The van der Waals surface area contributed by atoms with Crippen LogP contribution in [0.15, 0.2) is 24.4 Å². The van der Waals surface area contributed by atoms with Gasteiger partial charge in [-0.15, -0.1) is 0 Å². The lowest BCUT2D eigenvalue weighted by Gasteiger charge is -2.10. The molecule has 3 rings (SSSR count). The lowest BCUT2D eigenvalue weighted by Crippen LogP contribution is -2.08. The maximum atomic E-state index is 5.89. The van der Waals surface area contributed by atoms with Crippen molar-refractivity contribution in [3.8, 4) is 5.88 Å². The zero-order valence-electron chi connectivity index (χ0n) is 12.0. The zero-order chi connectivity index (χ0) is 14.7. The molecule has 0 spiro atoms. The lowest BCUT2D eigenvalue weighted by molar-refractivity contribution is 0.290. The Morgan fingerprint density at radius 1 is 1.29 bits per heavy atom. The highest BCUT2D eigenvalue weighted by Crippen LogP contribution is 2.30. The smallest absolute Gasteiger partial charge is 0.239 e. The van der Waals surface area contributed by atoms with Crippen molar-refractivity contribution in [2.45, 2.75) is 26.3 Å². The van der Waals surface area contributed by atoms with Crippen molar-refractivity contribution in [3.05, 3.63) is 35.9 Å². The molecule has 0 unspecified atom stereocenters. The Morgan fingerprint density at radius 2 is 2.14 bits per heavy atom. The largest absolute Gasteiger partial charge is 0.476 e. The van der Waals surface area contributed by atoms with Crippen molar-refractivity contribution in [3.63, 3.8) is 0 Å².